The van der Waals surface area contributed by atoms with Crippen molar-refractivity contribution >= 4 is 31.9 Å². The smallest absolute Gasteiger partial charge is 0.242 e. The summed E-state index contributed by atoms with van der Waals surface area (Å²) in [4.78, 5) is 11.3. The molecule has 0 saturated heterocycles. The Bertz CT molecular complexity index is 514. The highest BCUT2D eigenvalue weighted by Gasteiger charge is 2.20. The Balaban J connectivity index is 2.80. The number of amides is 1. The van der Waals surface area contributed by atoms with Crippen molar-refractivity contribution < 1.29 is 13.2 Å². The molecule has 0 heterocycles. The molecule has 7 heteroatoms. The van der Waals surface area contributed by atoms with E-state index in [4.69, 9.17) is 0 Å². The lowest BCUT2D eigenvalue weighted by molar-refractivity contribution is -0.120. The van der Waals surface area contributed by atoms with Crippen LogP contribution in [-0.2, 0) is 14.8 Å². The van der Waals surface area contributed by atoms with E-state index < -0.39 is 10.0 Å². The summed E-state index contributed by atoms with van der Waals surface area (Å²) >= 11 is 3.25. The maximum Gasteiger partial charge on any atom is 0.242 e. The molecule has 0 atom stereocenters. The first-order valence-corrected chi connectivity index (χ1v) is 7.53. The predicted octanol–water partition coefficient (Wildman–Crippen LogP) is 1.21. The van der Waals surface area contributed by atoms with Crippen LogP contribution >= 0.6 is 15.9 Å². The number of nitrogens with one attached hydrogen (secondary N) is 1. The van der Waals surface area contributed by atoms with Crippen molar-refractivity contribution in [2.75, 3.05) is 20.6 Å². The molecule has 0 fully saturated rings. The average molecular weight is 335 g/mol. The predicted molar refractivity (Wildman–Crippen MR) is 72.6 cm³/mol. The SMILES string of the molecule is CNC(=O)CCN(C)S(=O)(=O)c1ccc(Br)cc1. The van der Waals surface area contributed by atoms with Gasteiger partial charge in [0.15, 0.2) is 0 Å². The molecule has 0 aromatic heterocycles. The molecule has 1 amide bonds. The number of rotatable bonds is 5. The van der Waals surface area contributed by atoms with Crippen molar-refractivity contribution in [3.63, 3.8) is 0 Å². The van der Waals surface area contributed by atoms with Crippen molar-refractivity contribution in [1.29, 1.82) is 0 Å². The van der Waals surface area contributed by atoms with Gasteiger partial charge in [-0.2, -0.15) is 0 Å². The Morgan fingerprint density at radius 1 is 1.33 bits per heavy atom. The van der Waals surface area contributed by atoms with E-state index in [0.717, 1.165) is 4.47 Å². The van der Waals surface area contributed by atoms with E-state index in [2.05, 4.69) is 21.2 Å². The third-order valence-corrected chi connectivity index (χ3v) is 4.85. The van der Waals surface area contributed by atoms with Crippen LogP contribution in [0.25, 0.3) is 0 Å². The third kappa shape index (κ3) is 3.79. The standard InChI is InChI=1S/C11H15BrN2O3S/c1-13-11(15)7-8-14(2)18(16,17)10-5-3-9(12)4-6-10/h3-6H,7-8H2,1-2H3,(H,13,15). The van der Waals surface area contributed by atoms with Crippen LogP contribution in [0, 0.1) is 0 Å². The van der Waals surface area contributed by atoms with Gasteiger partial charge in [0.25, 0.3) is 0 Å². The topological polar surface area (TPSA) is 66.5 Å². The van der Waals surface area contributed by atoms with Gasteiger partial charge in [-0.25, -0.2) is 12.7 Å². The molecular formula is C11H15BrN2O3S. The fourth-order valence-electron chi connectivity index (χ4n) is 1.29. The maximum atomic E-state index is 12.1. The fourth-order valence-corrected chi connectivity index (χ4v) is 2.73. The molecule has 0 aliphatic heterocycles. The number of sulfonamides is 1. The Hall–Kier alpha value is -0.920. The minimum Gasteiger partial charge on any atom is -0.359 e. The highest BCUT2D eigenvalue weighted by atomic mass is 79.9. The lowest BCUT2D eigenvalue weighted by atomic mass is 10.4. The Kier molecular flexibility index (Phi) is 5.30. The van der Waals surface area contributed by atoms with Gasteiger partial charge < -0.3 is 5.32 Å². The van der Waals surface area contributed by atoms with Crippen molar-refractivity contribution in [1.82, 2.24) is 9.62 Å². The van der Waals surface area contributed by atoms with E-state index in [1.807, 2.05) is 0 Å². The summed E-state index contributed by atoms with van der Waals surface area (Å²) in [6.07, 6.45) is 0.142. The van der Waals surface area contributed by atoms with E-state index in [1.165, 1.54) is 30.5 Å². The van der Waals surface area contributed by atoms with Crippen LogP contribution in [0.5, 0.6) is 0 Å². The fraction of sp³-hybridized carbons (Fsp3) is 0.364. The molecule has 1 rings (SSSR count). The molecule has 1 N–H and O–H groups in total. The first-order valence-electron chi connectivity index (χ1n) is 5.30. The van der Waals surface area contributed by atoms with Crippen molar-refractivity contribution in [2.45, 2.75) is 11.3 Å². The zero-order valence-electron chi connectivity index (χ0n) is 10.2. The second-order valence-electron chi connectivity index (χ2n) is 3.70. The van der Waals surface area contributed by atoms with Crippen LogP contribution in [0.4, 0.5) is 0 Å². The lowest BCUT2D eigenvalue weighted by Gasteiger charge is -2.16. The Morgan fingerprint density at radius 3 is 2.39 bits per heavy atom. The number of halogens is 1. The minimum atomic E-state index is -3.53. The summed E-state index contributed by atoms with van der Waals surface area (Å²) in [5, 5.41) is 2.45. The van der Waals surface area contributed by atoms with E-state index in [1.54, 1.807) is 12.1 Å². The molecule has 18 heavy (non-hydrogen) atoms. The molecule has 0 unspecified atom stereocenters. The molecular weight excluding hydrogens is 320 g/mol. The lowest BCUT2D eigenvalue weighted by Crippen LogP contribution is -2.31. The average Bonchev–Trinajstić information content (AvgIpc) is 2.35. The zero-order valence-corrected chi connectivity index (χ0v) is 12.6. The van der Waals surface area contributed by atoms with Crippen LogP contribution in [0.15, 0.2) is 33.6 Å². The summed E-state index contributed by atoms with van der Waals surface area (Å²) < 4.78 is 26.2. The van der Waals surface area contributed by atoms with Gasteiger partial charge in [0.05, 0.1) is 4.90 Å². The molecule has 1 aromatic carbocycles. The quantitative estimate of drug-likeness (QED) is 0.879. The van der Waals surface area contributed by atoms with Gasteiger partial charge in [0.1, 0.15) is 0 Å². The molecule has 0 spiro atoms. The molecule has 100 valence electrons. The first-order chi connectivity index (χ1) is 8.37. The molecule has 0 aliphatic rings. The molecule has 0 saturated carbocycles. The number of hydrogen-bond donors (Lipinski definition) is 1. The van der Waals surface area contributed by atoms with Crippen LogP contribution < -0.4 is 5.32 Å². The van der Waals surface area contributed by atoms with Gasteiger partial charge in [0, 0.05) is 31.5 Å². The third-order valence-electron chi connectivity index (χ3n) is 2.45. The highest BCUT2D eigenvalue weighted by Crippen LogP contribution is 2.17. The van der Waals surface area contributed by atoms with Crippen LogP contribution in [0.3, 0.4) is 0 Å². The van der Waals surface area contributed by atoms with E-state index in [0.29, 0.717) is 0 Å². The molecule has 0 bridgehead atoms. The maximum absolute atomic E-state index is 12.1. The van der Waals surface area contributed by atoms with Gasteiger partial charge in [-0.3, -0.25) is 4.79 Å². The second kappa shape index (κ2) is 6.31. The van der Waals surface area contributed by atoms with Crippen LogP contribution in [-0.4, -0.2) is 39.3 Å². The number of hydrogen-bond acceptors (Lipinski definition) is 3. The second-order valence-corrected chi connectivity index (χ2v) is 6.66. The Morgan fingerprint density at radius 2 is 1.89 bits per heavy atom. The molecule has 1 aromatic rings. The van der Waals surface area contributed by atoms with Gasteiger partial charge in [-0.15, -0.1) is 0 Å². The number of carbonyl (C=O) groups is 1. The summed E-state index contributed by atoms with van der Waals surface area (Å²) in [5.74, 6) is -0.187. The Labute approximate surface area is 115 Å². The van der Waals surface area contributed by atoms with E-state index in [9.17, 15) is 13.2 Å². The number of carbonyl (C=O) groups excluding carboxylic acids is 1. The summed E-state index contributed by atoms with van der Waals surface area (Å²) in [7, 11) is -0.549. The van der Waals surface area contributed by atoms with E-state index >= 15 is 0 Å². The van der Waals surface area contributed by atoms with Crippen molar-refractivity contribution in [2.24, 2.45) is 0 Å². The monoisotopic (exact) mass is 334 g/mol. The van der Waals surface area contributed by atoms with Gasteiger partial charge in [0.2, 0.25) is 15.9 Å². The first kappa shape index (κ1) is 15.1. The minimum absolute atomic E-state index is 0.142. The van der Waals surface area contributed by atoms with Crippen molar-refractivity contribution in [3.05, 3.63) is 28.7 Å². The summed E-state index contributed by atoms with van der Waals surface area (Å²) in [6.45, 7) is 0.151. The van der Waals surface area contributed by atoms with Gasteiger partial charge in [-0.05, 0) is 24.3 Å². The van der Waals surface area contributed by atoms with Crippen molar-refractivity contribution in [3.8, 4) is 0 Å². The van der Waals surface area contributed by atoms with E-state index in [-0.39, 0.29) is 23.8 Å². The summed E-state index contributed by atoms with van der Waals surface area (Å²) in [6, 6.07) is 6.38. The zero-order chi connectivity index (χ0) is 13.8. The largest absolute Gasteiger partial charge is 0.359 e. The number of benzene rings is 1. The molecule has 0 aliphatic carbocycles. The molecule has 0 radical (unpaired) electrons. The van der Waals surface area contributed by atoms with Crippen LogP contribution in [0.2, 0.25) is 0 Å². The number of nitrogens with zero attached hydrogens (tertiary/aromatic N) is 1. The normalized spacial score (nSPS) is 11.6. The summed E-state index contributed by atoms with van der Waals surface area (Å²) in [5.41, 5.74) is 0. The van der Waals surface area contributed by atoms with Gasteiger partial charge >= 0.3 is 0 Å². The molecule has 5 nitrogen and oxygen atoms in total. The van der Waals surface area contributed by atoms with Gasteiger partial charge in [-0.1, -0.05) is 15.9 Å². The van der Waals surface area contributed by atoms with Crippen LogP contribution in [0.1, 0.15) is 6.42 Å². The highest BCUT2D eigenvalue weighted by molar-refractivity contribution is 9.10.